The Hall–Kier alpha value is -1.38. The van der Waals surface area contributed by atoms with E-state index in [9.17, 15) is 0 Å². The smallest absolute Gasteiger partial charge is 0.0623 e. The number of likely N-dealkylation sites (N-methyl/N-ethyl adjacent to an activating group) is 1. The number of nitrogens with zero attached hydrogens (tertiary/aromatic N) is 1. The fraction of sp³-hybridized carbons (Fsp3) is 0.400. The van der Waals surface area contributed by atoms with Gasteiger partial charge in [0.2, 0.25) is 0 Å². The van der Waals surface area contributed by atoms with E-state index in [1.54, 1.807) is 0 Å². The van der Waals surface area contributed by atoms with Gasteiger partial charge in [-0.15, -0.1) is 0 Å². The molecule has 3 N–H and O–H groups in total. The van der Waals surface area contributed by atoms with Gasteiger partial charge in [0.05, 0.1) is 11.4 Å². The highest BCUT2D eigenvalue weighted by Gasteiger charge is 2.18. The molecule has 3 nitrogen and oxygen atoms in total. The number of hydrogen-bond donors (Lipinski definition) is 2. The molecular weight excluding hydrogens is 162 g/mol. The van der Waals surface area contributed by atoms with Crippen molar-refractivity contribution in [3.8, 4) is 0 Å². The van der Waals surface area contributed by atoms with Gasteiger partial charge in [0.1, 0.15) is 0 Å². The van der Waals surface area contributed by atoms with Gasteiger partial charge in [-0.05, 0) is 25.1 Å². The van der Waals surface area contributed by atoms with Crippen LogP contribution in [0.25, 0.3) is 0 Å². The number of hydrogen-bond acceptors (Lipinski definition) is 3. The fourth-order valence-corrected chi connectivity index (χ4v) is 1.62. The van der Waals surface area contributed by atoms with Crippen molar-refractivity contribution >= 4 is 17.1 Å². The summed E-state index contributed by atoms with van der Waals surface area (Å²) in [6, 6.07) is 6.50. The van der Waals surface area contributed by atoms with Crippen LogP contribution in [0.2, 0.25) is 0 Å². The summed E-state index contributed by atoms with van der Waals surface area (Å²) < 4.78 is 0. The molecule has 0 aliphatic carbocycles. The average molecular weight is 177 g/mol. The van der Waals surface area contributed by atoms with Gasteiger partial charge in [-0.1, -0.05) is 0 Å². The molecule has 0 saturated carbocycles. The van der Waals surface area contributed by atoms with Crippen molar-refractivity contribution in [2.24, 2.45) is 0 Å². The van der Waals surface area contributed by atoms with Crippen LogP contribution in [0.3, 0.4) is 0 Å². The van der Waals surface area contributed by atoms with E-state index in [1.807, 2.05) is 18.2 Å². The van der Waals surface area contributed by atoms with E-state index in [0.29, 0.717) is 6.04 Å². The summed E-state index contributed by atoms with van der Waals surface area (Å²) in [5.41, 5.74) is 8.92. The van der Waals surface area contributed by atoms with Gasteiger partial charge in [-0.2, -0.15) is 0 Å². The second-order valence-electron chi connectivity index (χ2n) is 3.62. The molecule has 1 atom stereocenters. The third-order valence-electron chi connectivity index (χ3n) is 2.65. The van der Waals surface area contributed by atoms with E-state index >= 15 is 0 Å². The van der Waals surface area contributed by atoms with E-state index in [4.69, 9.17) is 5.73 Å². The highest BCUT2D eigenvalue weighted by Crippen LogP contribution is 2.31. The molecule has 1 aliphatic rings. The number of benzene rings is 1. The van der Waals surface area contributed by atoms with Crippen molar-refractivity contribution in [3.63, 3.8) is 0 Å². The Labute approximate surface area is 78.5 Å². The van der Waals surface area contributed by atoms with E-state index in [2.05, 4.69) is 24.2 Å². The zero-order valence-electron chi connectivity index (χ0n) is 8.04. The summed E-state index contributed by atoms with van der Waals surface area (Å²) >= 11 is 0. The second-order valence-corrected chi connectivity index (χ2v) is 3.62. The summed E-state index contributed by atoms with van der Waals surface area (Å²) in [7, 11) is 2.10. The van der Waals surface area contributed by atoms with Gasteiger partial charge in [-0.25, -0.2) is 0 Å². The van der Waals surface area contributed by atoms with Gasteiger partial charge >= 0.3 is 0 Å². The molecular formula is C10H15N3. The van der Waals surface area contributed by atoms with Crippen LogP contribution in [0.4, 0.5) is 17.1 Å². The molecule has 0 amide bonds. The number of rotatable bonds is 0. The number of fused-ring (bicyclic) bond motifs is 1. The molecule has 1 aliphatic heterocycles. The Bertz CT molecular complexity index is 322. The summed E-state index contributed by atoms with van der Waals surface area (Å²) in [5.74, 6) is 0. The van der Waals surface area contributed by atoms with Crippen LogP contribution in [0.1, 0.15) is 6.92 Å². The van der Waals surface area contributed by atoms with Gasteiger partial charge in [0.15, 0.2) is 0 Å². The molecule has 1 aromatic carbocycles. The maximum atomic E-state index is 5.74. The standard InChI is InChI=1S/C10H15N3/c1-7-6-12-9-4-3-8(11)5-10(9)13(7)2/h3-5,7,12H,6,11H2,1-2H3. The molecule has 0 saturated heterocycles. The Morgan fingerprint density at radius 3 is 3.08 bits per heavy atom. The minimum atomic E-state index is 0.522. The Kier molecular flexibility index (Phi) is 1.79. The van der Waals surface area contributed by atoms with Crippen molar-refractivity contribution in [3.05, 3.63) is 18.2 Å². The number of anilines is 3. The third kappa shape index (κ3) is 1.30. The van der Waals surface area contributed by atoms with Crippen molar-refractivity contribution < 1.29 is 0 Å². The quantitative estimate of drug-likeness (QED) is 0.590. The Morgan fingerprint density at radius 1 is 1.54 bits per heavy atom. The van der Waals surface area contributed by atoms with Crippen molar-refractivity contribution in [1.29, 1.82) is 0 Å². The lowest BCUT2D eigenvalue weighted by Gasteiger charge is -2.34. The first kappa shape index (κ1) is 8.23. The summed E-state index contributed by atoms with van der Waals surface area (Å²) in [5, 5.41) is 3.37. The molecule has 1 heterocycles. The highest BCUT2D eigenvalue weighted by atomic mass is 15.2. The highest BCUT2D eigenvalue weighted by molar-refractivity contribution is 5.76. The maximum Gasteiger partial charge on any atom is 0.0623 e. The lowest BCUT2D eigenvalue weighted by molar-refractivity contribution is 0.699. The molecule has 2 rings (SSSR count). The van der Waals surface area contributed by atoms with Crippen LogP contribution >= 0.6 is 0 Å². The zero-order chi connectivity index (χ0) is 9.42. The van der Waals surface area contributed by atoms with E-state index in [0.717, 1.165) is 12.2 Å². The molecule has 1 unspecified atom stereocenters. The summed E-state index contributed by atoms with van der Waals surface area (Å²) in [6.07, 6.45) is 0. The van der Waals surface area contributed by atoms with Gasteiger partial charge in [0.25, 0.3) is 0 Å². The van der Waals surface area contributed by atoms with Gasteiger partial charge in [0, 0.05) is 25.3 Å². The Balaban J connectivity index is 2.45. The fourth-order valence-electron chi connectivity index (χ4n) is 1.62. The normalized spacial score (nSPS) is 20.8. The molecule has 1 aromatic rings. The SMILES string of the molecule is CC1CNc2ccc(N)cc2N1C. The predicted molar refractivity (Wildman–Crippen MR) is 57.2 cm³/mol. The minimum absolute atomic E-state index is 0.522. The van der Waals surface area contributed by atoms with Gasteiger partial charge < -0.3 is 16.0 Å². The summed E-state index contributed by atoms with van der Waals surface area (Å²) in [4.78, 5) is 2.25. The molecule has 0 radical (unpaired) electrons. The first-order valence-electron chi connectivity index (χ1n) is 4.54. The van der Waals surface area contributed by atoms with Crippen LogP contribution in [-0.2, 0) is 0 Å². The average Bonchev–Trinajstić information content (AvgIpc) is 2.12. The Morgan fingerprint density at radius 2 is 2.31 bits per heavy atom. The van der Waals surface area contributed by atoms with Crippen LogP contribution in [0.15, 0.2) is 18.2 Å². The van der Waals surface area contributed by atoms with Crippen molar-refractivity contribution in [2.45, 2.75) is 13.0 Å². The van der Waals surface area contributed by atoms with E-state index in [-0.39, 0.29) is 0 Å². The monoisotopic (exact) mass is 177 g/mol. The maximum absolute atomic E-state index is 5.74. The molecule has 0 fully saturated rings. The van der Waals surface area contributed by atoms with Crippen LogP contribution < -0.4 is 16.0 Å². The third-order valence-corrected chi connectivity index (χ3v) is 2.65. The predicted octanol–water partition coefficient (Wildman–Crippen LogP) is 1.52. The first-order chi connectivity index (χ1) is 6.18. The van der Waals surface area contributed by atoms with Crippen LogP contribution in [0.5, 0.6) is 0 Å². The molecule has 0 bridgehead atoms. The second kappa shape index (κ2) is 2.83. The molecule has 3 heteroatoms. The van der Waals surface area contributed by atoms with Crippen LogP contribution in [-0.4, -0.2) is 19.6 Å². The topological polar surface area (TPSA) is 41.3 Å². The first-order valence-corrected chi connectivity index (χ1v) is 4.54. The lowest BCUT2D eigenvalue weighted by atomic mass is 10.1. The van der Waals surface area contributed by atoms with E-state index in [1.165, 1.54) is 11.4 Å². The van der Waals surface area contributed by atoms with E-state index < -0.39 is 0 Å². The summed E-state index contributed by atoms with van der Waals surface area (Å²) in [6.45, 7) is 3.19. The molecule has 0 spiro atoms. The molecule has 13 heavy (non-hydrogen) atoms. The number of nitrogens with one attached hydrogen (secondary N) is 1. The van der Waals surface area contributed by atoms with Crippen molar-refractivity contribution in [1.82, 2.24) is 0 Å². The van der Waals surface area contributed by atoms with Gasteiger partial charge in [-0.3, -0.25) is 0 Å². The van der Waals surface area contributed by atoms with Crippen molar-refractivity contribution in [2.75, 3.05) is 29.5 Å². The molecule has 0 aromatic heterocycles. The number of nitrogens with two attached hydrogens (primary N) is 1. The minimum Gasteiger partial charge on any atom is -0.399 e. The zero-order valence-corrected chi connectivity index (χ0v) is 8.04. The lowest BCUT2D eigenvalue weighted by Crippen LogP contribution is -2.39. The number of nitrogen functional groups attached to an aromatic ring is 1. The molecule has 70 valence electrons. The van der Waals surface area contributed by atoms with Crippen LogP contribution in [0, 0.1) is 0 Å². The largest absolute Gasteiger partial charge is 0.399 e.